The van der Waals surface area contributed by atoms with Crippen LogP contribution in [0, 0.1) is 12.7 Å². The number of anilines is 1. The summed E-state index contributed by atoms with van der Waals surface area (Å²) in [5.41, 5.74) is 2.61. The minimum Gasteiger partial charge on any atom is -0.304 e. The van der Waals surface area contributed by atoms with Gasteiger partial charge in [-0.15, -0.1) is 11.3 Å². The highest BCUT2D eigenvalue weighted by Gasteiger charge is 2.18. The molecule has 0 saturated carbocycles. The summed E-state index contributed by atoms with van der Waals surface area (Å²) in [7, 11) is 0. The number of aromatic nitrogens is 5. The summed E-state index contributed by atoms with van der Waals surface area (Å²) in [5, 5.41) is 12.7. The number of rotatable bonds is 5. The number of halogens is 1. The molecule has 4 aromatic heterocycles. The van der Waals surface area contributed by atoms with Crippen LogP contribution in [0.15, 0.2) is 67.1 Å². The number of amides is 1. The summed E-state index contributed by atoms with van der Waals surface area (Å²) in [6, 6.07) is 13.5. The summed E-state index contributed by atoms with van der Waals surface area (Å²) in [5.74, 6) is -0.0627. The predicted molar refractivity (Wildman–Crippen MR) is 117 cm³/mol. The Hall–Kier alpha value is -3.85. The van der Waals surface area contributed by atoms with Gasteiger partial charge >= 0.3 is 0 Å². The van der Waals surface area contributed by atoms with E-state index in [1.165, 1.54) is 23.5 Å². The van der Waals surface area contributed by atoms with E-state index >= 15 is 0 Å². The Labute approximate surface area is 180 Å². The molecular formula is C22H17FN6OS. The quantitative estimate of drug-likeness (QED) is 0.446. The van der Waals surface area contributed by atoms with Crippen LogP contribution < -0.4 is 5.32 Å². The van der Waals surface area contributed by atoms with Gasteiger partial charge in [-0.05, 0) is 55.0 Å². The third-order valence-corrected chi connectivity index (χ3v) is 5.93. The van der Waals surface area contributed by atoms with Crippen LogP contribution in [0.1, 0.15) is 20.9 Å². The highest BCUT2D eigenvalue weighted by molar-refractivity contribution is 7.20. The molecule has 1 aromatic carbocycles. The first kappa shape index (κ1) is 19.1. The third kappa shape index (κ3) is 3.82. The summed E-state index contributed by atoms with van der Waals surface area (Å²) < 4.78 is 16.8. The van der Waals surface area contributed by atoms with Crippen LogP contribution >= 0.6 is 11.3 Å². The lowest BCUT2D eigenvalue weighted by Gasteiger charge is -2.02. The van der Waals surface area contributed by atoms with Crippen molar-refractivity contribution in [3.63, 3.8) is 0 Å². The zero-order valence-electron chi connectivity index (χ0n) is 16.5. The van der Waals surface area contributed by atoms with Crippen LogP contribution in [-0.4, -0.2) is 30.5 Å². The number of pyridine rings is 1. The van der Waals surface area contributed by atoms with E-state index in [1.807, 2.05) is 31.3 Å². The van der Waals surface area contributed by atoms with Gasteiger partial charge in [0.1, 0.15) is 10.6 Å². The summed E-state index contributed by atoms with van der Waals surface area (Å²) >= 11 is 1.33. The first-order valence-corrected chi connectivity index (χ1v) is 10.4. The number of nitrogens with one attached hydrogen (secondary N) is 1. The van der Waals surface area contributed by atoms with Crippen LogP contribution in [0.4, 0.5) is 10.2 Å². The Kier molecular flexibility index (Phi) is 4.79. The topological polar surface area (TPSA) is 77.6 Å². The monoisotopic (exact) mass is 432 g/mol. The van der Waals surface area contributed by atoms with Crippen molar-refractivity contribution < 1.29 is 9.18 Å². The molecule has 1 amide bonds. The zero-order chi connectivity index (χ0) is 21.4. The van der Waals surface area contributed by atoms with Crippen LogP contribution in [0.3, 0.4) is 0 Å². The Morgan fingerprint density at radius 1 is 1.10 bits per heavy atom. The van der Waals surface area contributed by atoms with Crippen molar-refractivity contribution in [1.82, 2.24) is 24.5 Å². The lowest BCUT2D eigenvalue weighted by atomic mass is 10.3. The van der Waals surface area contributed by atoms with Crippen molar-refractivity contribution in [2.75, 3.05) is 5.32 Å². The number of fused-ring (bicyclic) bond motifs is 1. The fraction of sp³-hybridized carbons (Fsp3) is 0.0909. The van der Waals surface area contributed by atoms with Crippen molar-refractivity contribution in [1.29, 1.82) is 0 Å². The van der Waals surface area contributed by atoms with Gasteiger partial charge in [0.2, 0.25) is 0 Å². The minimum atomic E-state index is -0.307. The molecule has 0 saturated heterocycles. The molecule has 5 aromatic rings. The Bertz CT molecular complexity index is 1370. The lowest BCUT2D eigenvalue weighted by Crippen LogP contribution is -2.11. The van der Waals surface area contributed by atoms with Crippen LogP contribution in [0.25, 0.3) is 15.9 Å². The van der Waals surface area contributed by atoms with E-state index in [2.05, 4.69) is 20.5 Å². The van der Waals surface area contributed by atoms with Gasteiger partial charge in [-0.25, -0.2) is 9.07 Å². The molecule has 31 heavy (non-hydrogen) atoms. The summed E-state index contributed by atoms with van der Waals surface area (Å²) in [6.45, 7) is 2.48. The van der Waals surface area contributed by atoms with Gasteiger partial charge in [-0.1, -0.05) is 0 Å². The van der Waals surface area contributed by atoms with Crippen molar-refractivity contribution in [2.24, 2.45) is 0 Å². The molecule has 5 rings (SSSR count). The van der Waals surface area contributed by atoms with E-state index in [4.69, 9.17) is 0 Å². The highest BCUT2D eigenvalue weighted by Crippen LogP contribution is 2.30. The molecule has 0 aliphatic carbocycles. The third-order valence-electron chi connectivity index (χ3n) is 4.82. The van der Waals surface area contributed by atoms with Gasteiger partial charge in [-0.3, -0.25) is 14.5 Å². The van der Waals surface area contributed by atoms with Crippen molar-refractivity contribution >= 4 is 33.3 Å². The van der Waals surface area contributed by atoms with Crippen molar-refractivity contribution in [3.05, 3.63) is 89.1 Å². The minimum absolute atomic E-state index is 0.236. The number of carbonyl (C=O) groups excluding carboxylic acids is 1. The van der Waals surface area contributed by atoms with Gasteiger partial charge in [0, 0.05) is 30.0 Å². The van der Waals surface area contributed by atoms with Gasteiger partial charge in [-0.2, -0.15) is 10.2 Å². The van der Waals surface area contributed by atoms with Crippen LogP contribution in [0.2, 0.25) is 0 Å². The first-order valence-electron chi connectivity index (χ1n) is 9.55. The molecule has 154 valence electrons. The molecule has 0 radical (unpaired) electrons. The standard InChI is InChI=1S/C22H17FN6OS/c1-14-18-12-19(31-22(18)29(26-14)17-4-2-16(23)3-5-17)21(30)25-20-8-11-28(27-20)13-15-6-9-24-10-7-15/h2-12H,13H2,1H3,(H,25,27,30). The number of nitrogens with zero attached hydrogens (tertiary/aromatic N) is 5. The predicted octanol–water partition coefficient (Wildman–Crippen LogP) is 4.43. The Morgan fingerprint density at radius 3 is 2.65 bits per heavy atom. The fourth-order valence-corrected chi connectivity index (χ4v) is 4.36. The molecule has 7 nitrogen and oxygen atoms in total. The zero-order valence-corrected chi connectivity index (χ0v) is 17.3. The molecule has 0 aliphatic rings. The maximum absolute atomic E-state index is 13.3. The summed E-state index contributed by atoms with van der Waals surface area (Å²) in [4.78, 5) is 18.2. The average molecular weight is 432 g/mol. The smallest absolute Gasteiger partial charge is 0.267 e. The number of hydrogen-bond acceptors (Lipinski definition) is 5. The number of thiophene rings is 1. The Morgan fingerprint density at radius 2 is 1.87 bits per heavy atom. The maximum Gasteiger partial charge on any atom is 0.267 e. The van der Waals surface area contributed by atoms with Gasteiger partial charge < -0.3 is 5.32 Å². The van der Waals surface area contributed by atoms with E-state index in [0.29, 0.717) is 17.2 Å². The molecule has 1 N–H and O–H groups in total. The van der Waals surface area contributed by atoms with Crippen molar-refractivity contribution in [3.8, 4) is 5.69 Å². The number of carbonyl (C=O) groups is 1. The van der Waals surface area contributed by atoms with Crippen LogP contribution in [-0.2, 0) is 6.54 Å². The van der Waals surface area contributed by atoms with E-state index in [9.17, 15) is 9.18 Å². The van der Waals surface area contributed by atoms with Crippen molar-refractivity contribution in [2.45, 2.75) is 13.5 Å². The van der Waals surface area contributed by atoms with Gasteiger partial charge in [0.25, 0.3) is 5.91 Å². The molecule has 0 bridgehead atoms. The second-order valence-electron chi connectivity index (χ2n) is 7.01. The number of aryl methyl sites for hydroxylation is 1. The molecule has 9 heteroatoms. The second kappa shape index (κ2) is 7.77. The molecule has 0 atom stereocenters. The number of hydrogen-bond donors (Lipinski definition) is 1. The van der Waals surface area contributed by atoms with E-state index in [0.717, 1.165) is 27.2 Å². The fourth-order valence-electron chi connectivity index (χ4n) is 3.29. The SMILES string of the molecule is Cc1nn(-c2ccc(F)cc2)c2sc(C(=O)Nc3ccn(Cc4ccncc4)n3)cc12. The molecule has 0 unspecified atom stereocenters. The maximum atomic E-state index is 13.3. The Balaban J connectivity index is 1.37. The highest BCUT2D eigenvalue weighted by atomic mass is 32.1. The van der Waals surface area contributed by atoms with Gasteiger partial charge in [0.05, 0.1) is 22.8 Å². The number of benzene rings is 1. The second-order valence-corrected chi connectivity index (χ2v) is 8.04. The first-order chi connectivity index (χ1) is 15.1. The van der Waals surface area contributed by atoms with Gasteiger partial charge in [0.15, 0.2) is 5.82 Å². The molecule has 0 spiro atoms. The molecule has 0 aliphatic heterocycles. The van der Waals surface area contributed by atoms with E-state index in [-0.39, 0.29) is 11.7 Å². The molecule has 4 heterocycles. The lowest BCUT2D eigenvalue weighted by molar-refractivity contribution is 0.103. The molecule has 0 fully saturated rings. The normalized spacial score (nSPS) is 11.2. The average Bonchev–Trinajstić information content (AvgIpc) is 3.47. The van der Waals surface area contributed by atoms with Crippen LogP contribution in [0.5, 0.6) is 0 Å². The van der Waals surface area contributed by atoms with E-state index in [1.54, 1.807) is 40.0 Å². The molecular weight excluding hydrogens is 415 g/mol. The summed E-state index contributed by atoms with van der Waals surface area (Å²) in [6.07, 6.45) is 5.29. The van der Waals surface area contributed by atoms with E-state index < -0.39 is 0 Å². The largest absolute Gasteiger partial charge is 0.304 e.